The van der Waals surface area contributed by atoms with Crippen molar-refractivity contribution < 1.29 is 0 Å². The van der Waals surface area contributed by atoms with E-state index in [1.807, 2.05) is 0 Å². The van der Waals surface area contributed by atoms with Crippen molar-refractivity contribution in [1.29, 1.82) is 0 Å². The zero-order valence-electron chi connectivity index (χ0n) is 12.4. The Hall–Kier alpha value is -1.65. The molecule has 1 N–H and O–H groups in total. The van der Waals surface area contributed by atoms with Crippen LogP contribution < -0.4 is 5.32 Å². The Morgan fingerprint density at radius 2 is 2.19 bits per heavy atom. The minimum atomic E-state index is 0.675. The van der Waals surface area contributed by atoms with Gasteiger partial charge in [-0.1, -0.05) is 24.3 Å². The van der Waals surface area contributed by atoms with Gasteiger partial charge in [0.25, 0.3) is 0 Å². The first-order valence-electron chi connectivity index (χ1n) is 7.45. The second-order valence-electron chi connectivity index (χ2n) is 5.87. The van der Waals surface area contributed by atoms with Crippen molar-refractivity contribution in [2.75, 3.05) is 6.54 Å². The molecule has 0 fully saturated rings. The molecule has 108 valence electrons. The number of hydrogen-bond acceptors (Lipinski definition) is 3. The number of aromatic nitrogens is 2. The molecule has 4 heteroatoms. The Bertz CT molecular complexity index is 800. The van der Waals surface area contributed by atoms with E-state index < -0.39 is 0 Å². The van der Waals surface area contributed by atoms with Gasteiger partial charge in [-0.15, -0.1) is 11.3 Å². The normalized spacial score (nSPS) is 17.0. The molecule has 0 spiro atoms. The fourth-order valence-corrected chi connectivity index (χ4v) is 4.12. The average Bonchev–Trinajstić information content (AvgIpc) is 2.91. The Balaban J connectivity index is 1.44. The largest absolute Gasteiger partial charge is 0.311 e. The van der Waals surface area contributed by atoms with Crippen LogP contribution in [0.5, 0.6) is 0 Å². The smallest absolute Gasteiger partial charge is 0.194 e. The molecule has 0 radical (unpaired) electrons. The molecule has 3 aromatic rings. The van der Waals surface area contributed by atoms with E-state index in [2.05, 4.69) is 59.0 Å². The fraction of sp³-hybridized carbons (Fsp3) is 0.353. The number of benzene rings is 1. The van der Waals surface area contributed by atoms with E-state index in [0.717, 1.165) is 23.7 Å². The first-order valence-corrected chi connectivity index (χ1v) is 8.26. The van der Waals surface area contributed by atoms with E-state index in [1.165, 1.54) is 28.1 Å². The highest BCUT2D eigenvalue weighted by Gasteiger charge is 2.24. The predicted molar refractivity (Wildman–Crippen MR) is 87.1 cm³/mol. The summed E-state index contributed by atoms with van der Waals surface area (Å²) in [5.74, 6) is 0.675. The number of imidazole rings is 1. The summed E-state index contributed by atoms with van der Waals surface area (Å²) in [5.41, 5.74) is 5.47. The lowest BCUT2D eigenvalue weighted by atomic mass is 9.77. The molecule has 1 atom stereocenters. The molecule has 1 aliphatic rings. The zero-order valence-corrected chi connectivity index (χ0v) is 13.2. The van der Waals surface area contributed by atoms with Crippen LogP contribution in [0.1, 0.15) is 33.3 Å². The number of thiazole rings is 1. The molecular weight excluding hydrogens is 278 g/mol. The molecular formula is C17H19N3S. The Morgan fingerprint density at radius 1 is 1.33 bits per heavy atom. The topological polar surface area (TPSA) is 29.3 Å². The number of aryl methyl sites for hydroxylation is 2. The molecule has 2 aromatic heterocycles. The van der Waals surface area contributed by atoms with Crippen molar-refractivity contribution >= 4 is 16.3 Å². The van der Waals surface area contributed by atoms with E-state index in [9.17, 15) is 0 Å². The van der Waals surface area contributed by atoms with Gasteiger partial charge in [0.15, 0.2) is 4.96 Å². The third kappa shape index (κ3) is 2.19. The molecule has 0 saturated heterocycles. The summed E-state index contributed by atoms with van der Waals surface area (Å²) >= 11 is 1.76. The number of nitrogens with zero attached hydrogens (tertiary/aromatic N) is 2. The highest BCUT2D eigenvalue weighted by atomic mass is 32.1. The van der Waals surface area contributed by atoms with Gasteiger partial charge in [-0.2, -0.15) is 0 Å². The summed E-state index contributed by atoms with van der Waals surface area (Å²) in [6.45, 7) is 6.18. The highest BCUT2D eigenvalue weighted by molar-refractivity contribution is 7.17. The number of nitrogens with one attached hydrogen (secondary N) is 1. The first-order chi connectivity index (χ1) is 10.2. The van der Waals surface area contributed by atoms with Gasteiger partial charge in [0.1, 0.15) is 0 Å². The van der Waals surface area contributed by atoms with Crippen molar-refractivity contribution in [3.63, 3.8) is 0 Å². The van der Waals surface area contributed by atoms with Crippen LogP contribution in [0.2, 0.25) is 0 Å². The third-order valence-corrected chi connectivity index (χ3v) is 5.28. The van der Waals surface area contributed by atoms with Crippen molar-refractivity contribution in [3.8, 4) is 0 Å². The van der Waals surface area contributed by atoms with E-state index in [-0.39, 0.29) is 0 Å². The lowest BCUT2D eigenvalue weighted by Gasteiger charge is -2.30. The summed E-state index contributed by atoms with van der Waals surface area (Å²) in [6.07, 6.45) is 3.40. The molecule has 1 unspecified atom stereocenters. The van der Waals surface area contributed by atoms with Crippen LogP contribution in [0.4, 0.5) is 0 Å². The number of fused-ring (bicyclic) bond motifs is 2. The van der Waals surface area contributed by atoms with Crippen LogP contribution in [-0.2, 0) is 13.0 Å². The lowest BCUT2D eigenvalue weighted by Crippen LogP contribution is -2.29. The molecule has 0 saturated carbocycles. The van der Waals surface area contributed by atoms with Crippen LogP contribution >= 0.6 is 11.3 Å². The van der Waals surface area contributed by atoms with E-state index in [0.29, 0.717) is 5.92 Å². The summed E-state index contributed by atoms with van der Waals surface area (Å²) < 4.78 is 2.23. The third-order valence-electron chi connectivity index (χ3n) is 4.39. The van der Waals surface area contributed by atoms with Crippen molar-refractivity contribution in [2.24, 2.45) is 0 Å². The molecule has 21 heavy (non-hydrogen) atoms. The molecule has 4 rings (SSSR count). The Morgan fingerprint density at radius 3 is 3.05 bits per heavy atom. The van der Waals surface area contributed by atoms with E-state index in [4.69, 9.17) is 0 Å². The maximum Gasteiger partial charge on any atom is 0.194 e. The molecule has 0 aliphatic heterocycles. The fourth-order valence-electron chi connectivity index (χ4n) is 3.23. The maximum absolute atomic E-state index is 4.64. The van der Waals surface area contributed by atoms with Gasteiger partial charge in [0.2, 0.25) is 0 Å². The molecule has 0 bridgehead atoms. The summed E-state index contributed by atoms with van der Waals surface area (Å²) in [4.78, 5) is 7.06. The number of rotatable bonds is 4. The maximum atomic E-state index is 4.64. The molecule has 1 aliphatic carbocycles. The lowest BCUT2D eigenvalue weighted by molar-refractivity contribution is 0.531. The number of hydrogen-bond donors (Lipinski definition) is 1. The second-order valence-corrected chi connectivity index (χ2v) is 7.08. The molecule has 1 aromatic carbocycles. The SMILES string of the molecule is Cc1cn2c(CNCC3Cc4ccccc43)c(C)nc2s1. The van der Waals surface area contributed by atoms with Gasteiger partial charge in [0, 0.05) is 30.1 Å². The first kappa shape index (κ1) is 13.0. The van der Waals surface area contributed by atoms with Crippen LogP contribution in [0, 0.1) is 13.8 Å². The molecule has 0 amide bonds. The van der Waals surface area contributed by atoms with Crippen molar-refractivity contribution in [1.82, 2.24) is 14.7 Å². The van der Waals surface area contributed by atoms with E-state index in [1.54, 1.807) is 11.3 Å². The Kier molecular flexibility index (Phi) is 3.08. The second kappa shape index (κ2) is 4.97. The van der Waals surface area contributed by atoms with E-state index >= 15 is 0 Å². The van der Waals surface area contributed by atoms with Crippen LogP contribution in [0.3, 0.4) is 0 Å². The van der Waals surface area contributed by atoms with Crippen molar-refractivity contribution in [3.05, 3.63) is 57.9 Å². The Labute approximate surface area is 128 Å². The van der Waals surface area contributed by atoms with Crippen LogP contribution in [-0.4, -0.2) is 15.9 Å². The highest BCUT2D eigenvalue weighted by Crippen LogP contribution is 2.34. The van der Waals surface area contributed by atoms with Gasteiger partial charge >= 0.3 is 0 Å². The predicted octanol–water partition coefficient (Wildman–Crippen LogP) is 3.44. The quantitative estimate of drug-likeness (QED) is 0.799. The molecule has 3 nitrogen and oxygen atoms in total. The molecule has 2 heterocycles. The standard InChI is InChI=1S/C17H19N3S/c1-11-10-20-16(12(2)19-17(20)21-11)9-18-8-14-7-13-5-3-4-6-15(13)14/h3-6,10,14,18H,7-9H2,1-2H3. The van der Waals surface area contributed by atoms with Gasteiger partial charge in [-0.25, -0.2) is 4.98 Å². The van der Waals surface area contributed by atoms with Crippen LogP contribution in [0.15, 0.2) is 30.5 Å². The van der Waals surface area contributed by atoms with Gasteiger partial charge in [0.05, 0.1) is 11.4 Å². The minimum Gasteiger partial charge on any atom is -0.311 e. The van der Waals surface area contributed by atoms with Gasteiger partial charge in [-0.3, -0.25) is 4.40 Å². The van der Waals surface area contributed by atoms with Gasteiger partial charge < -0.3 is 5.32 Å². The average molecular weight is 297 g/mol. The van der Waals surface area contributed by atoms with Crippen LogP contribution in [0.25, 0.3) is 4.96 Å². The summed E-state index contributed by atoms with van der Waals surface area (Å²) in [7, 11) is 0. The minimum absolute atomic E-state index is 0.675. The monoisotopic (exact) mass is 297 g/mol. The van der Waals surface area contributed by atoms with Crippen molar-refractivity contribution in [2.45, 2.75) is 32.7 Å². The van der Waals surface area contributed by atoms with Gasteiger partial charge in [-0.05, 0) is 31.4 Å². The zero-order chi connectivity index (χ0) is 14.4. The summed E-state index contributed by atoms with van der Waals surface area (Å²) in [5, 5.41) is 3.62. The summed E-state index contributed by atoms with van der Waals surface area (Å²) in [6, 6.07) is 8.78.